The lowest BCUT2D eigenvalue weighted by atomic mass is 10.3. The van der Waals surface area contributed by atoms with Crippen LogP contribution < -0.4 is 0 Å². The van der Waals surface area contributed by atoms with Crippen LogP contribution in [0.15, 0.2) is 0 Å². The molecule has 0 atom stereocenters. The van der Waals surface area contributed by atoms with Gasteiger partial charge < -0.3 is 0 Å². The highest BCUT2D eigenvalue weighted by Gasteiger charge is 2.41. The molecule has 0 aliphatic carbocycles. The van der Waals surface area contributed by atoms with Gasteiger partial charge in [-0.1, -0.05) is 0 Å². The van der Waals surface area contributed by atoms with Gasteiger partial charge in [0.05, 0.1) is 24.6 Å². The van der Waals surface area contributed by atoms with Crippen LogP contribution in [0.2, 0.25) is 0 Å². The lowest BCUT2D eigenvalue weighted by Gasteiger charge is -2.26. The molecular formula is C9H19BrP+. The van der Waals surface area contributed by atoms with Gasteiger partial charge in [0.2, 0.25) is 0 Å². The first-order chi connectivity index (χ1) is 4.91. The van der Waals surface area contributed by atoms with Crippen molar-refractivity contribution < 1.29 is 0 Å². The fourth-order valence-electron chi connectivity index (χ4n) is 2.64. The zero-order valence-electron chi connectivity index (χ0n) is 7.22. The summed E-state index contributed by atoms with van der Waals surface area (Å²) < 4.78 is 0. The van der Waals surface area contributed by atoms with Crippen molar-refractivity contribution in [2.45, 2.75) is 32.1 Å². The van der Waals surface area contributed by atoms with E-state index in [2.05, 4.69) is 0 Å². The Labute approximate surface area is 81.2 Å². The maximum absolute atomic E-state index is 1.67. The highest BCUT2D eigenvalue weighted by Crippen LogP contribution is 2.66. The molecule has 2 aliphatic rings. The summed E-state index contributed by atoms with van der Waals surface area (Å²) in [5, 5.41) is 0. The minimum Gasteiger partial charge on any atom is -0.114 e. The van der Waals surface area contributed by atoms with Gasteiger partial charge in [0.15, 0.2) is 0 Å². The van der Waals surface area contributed by atoms with Crippen LogP contribution in [-0.4, -0.2) is 24.6 Å². The van der Waals surface area contributed by atoms with Crippen LogP contribution in [0.5, 0.6) is 0 Å². The molecule has 2 fully saturated rings. The van der Waals surface area contributed by atoms with Crippen LogP contribution in [0.3, 0.4) is 0 Å². The third-order valence-electron chi connectivity index (χ3n) is 3.28. The molecule has 0 amide bonds. The quantitative estimate of drug-likeness (QED) is 0.566. The second kappa shape index (κ2) is 4.23. The Kier molecular flexibility index (Phi) is 3.85. The standard InChI is InChI=1S/C9H18P.BrH/c1-2-6-10(7-3-1)8-4-5-9-10;/h1-9H2;1H/q+1;. The van der Waals surface area contributed by atoms with Crippen molar-refractivity contribution in [2.75, 3.05) is 24.6 Å². The molecule has 0 unspecified atom stereocenters. The smallest absolute Gasteiger partial charge is 0.0595 e. The first-order valence-corrected chi connectivity index (χ1v) is 7.29. The van der Waals surface area contributed by atoms with Gasteiger partial charge in [0.25, 0.3) is 0 Å². The van der Waals surface area contributed by atoms with Gasteiger partial charge in [-0.25, -0.2) is 0 Å². The Morgan fingerprint density at radius 3 is 1.36 bits per heavy atom. The first-order valence-electron chi connectivity index (χ1n) is 4.76. The Morgan fingerprint density at radius 1 is 0.545 bits per heavy atom. The van der Waals surface area contributed by atoms with Crippen LogP contribution >= 0.6 is 24.2 Å². The number of rotatable bonds is 0. The van der Waals surface area contributed by atoms with E-state index in [0.29, 0.717) is 0 Å². The van der Waals surface area contributed by atoms with Crippen molar-refractivity contribution in [3.63, 3.8) is 0 Å². The molecular weight excluding hydrogens is 219 g/mol. The van der Waals surface area contributed by atoms with Gasteiger partial charge in [-0.05, 0) is 32.1 Å². The van der Waals surface area contributed by atoms with Gasteiger partial charge in [-0.15, -0.1) is 17.0 Å². The summed E-state index contributed by atoms with van der Waals surface area (Å²) >= 11 is 0. The van der Waals surface area contributed by atoms with Gasteiger partial charge >= 0.3 is 0 Å². The average molecular weight is 238 g/mol. The van der Waals surface area contributed by atoms with E-state index in [-0.39, 0.29) is 24.2 Å². The fourth-order valence-corrected chi connectivity index (χ4v) is 7.56. The van der Waals surface area contributed by atoms with E-state index in [1.807, 2.05) is 0 Å². The SMILES string of the molecule is Br.C1CC[P+]2(CC1)CCCC2. The van der Waals surface area contributed by atoms with Crippen LogP contribution in [-0.2, 0) is 0 Å². The molecule has 2 aliphatic heterocycles. The molecule has 0 nitrogen and oxygen atoms in total. The minimum absolute atomic E-state index is 0. The maximum Gasteiger partial charge on any atom is 0.0595 e. The molecule has 0 aromatic carbocycles. The van der Waals surface area contributed by atoms with Crippen LogP contribution in [0.25, 0.3) is 0 Å². The van der Waals surface area contributed by atoms with E-state index in [1.54, 1.807) is 56.8 Å². The van der Waals surface area contributed by atoms with Crippen molar-refractivity contribution in [3.05, 3.63) is 0 Å². The molecule has 11 heavy (non-hydrogen) atoms. The monoisotopic (exact) mass is 237 g/mol. The molecule has 0 aromatic heterocycles. The van der Waals surface area contributed by atoms with E-state index in [4.69, 9.17) is 0 Å². The molecule has 2 heterocycles. The third-order valence-corrected chi connectivity index (χ3v) is 8.34. The Bertz CT molecular complexity index is 111. The predicted molar refractivity (Wildman–Crippen MR) is 59.8 cm³/mol. The third kappa shape index (κ3) is 2.18. The number of hydrogen-bond donors (Lipinski definition) is 0. The molecule has 0 aromatic rings. The van der Waals surface area contributed by atoms with Gasteiger partial charge in [-0.2, -0.15) is 0 Å². The Hall–Kier alpha value is 0.910. The average Bonchev–Trinajstić information content (AvgIpc) is 2.39. The molecule has 2 rings (SSSR count). The van der Waals surface area contributed by atoms with E-state index in [0.717, 1.165) is 0 Å². The van der Waals surface area contributed by atoms with Crippen molar-refractivity contribution >= 4 is 24.2 Å². The number of halogens is 1. The summed E-state index contributed by atoms with van der Waals surface area (Å²) in [6.07, 6.45) is 14.5. The summed E-state index contributed by atoms with van der Waals surface area (Å²) in [7, 11) is -0.241. The molecule has 0 saturated carbocycles. The molecule has 1 spiro atoms. The first kappa shape index (κ1) is 9.99. The fraction of sp³-hybridized carbons (Fsp3) is 1.00. The molecule has 0 bridgehead atoms. The zero-order chi connectivity index (χ0) is 6.86. The normalized spacial score (nSPS) is 28.4. The van der Waals surface area contributed by atoms with Crippen LogP contribution in [0, 0.1) is 0 Å². The zero-order valence-corrected chi connectivity index (χ0v) is 9.83. The predicted octanol–water partition coefficient (Wildman–Crippen LogP) is 3.56. The van der Waals surface area contributed by atoms with E-state index < -0.39 is 0 Å². The highest BCUT2D eigenvalue weighted by atomic mass is 79.9. The minimum atomic E-state index is -0.241. The van der Waals surface area contributed by atoms with Crippen LogP contribution in [0.4, 0.5) is 0 Å². The summed E-state index contributed by atoms with van der Waals surface area (Å²) in [4.78, 5) is 0. The Morgan fingerprint density at radius 2 is 0.909 bits per heavy atom. The van der Waals surface area contributed by atoms with Crippen molar-refractivity contribution in [1.82, 2.24) is 0 Å². The molecule has 0 radical (unpaired) electrons. The number of hydrogen-bond acceptors (Lipinski definition) is 0. The van der Waals surface area contributed by atoms with E-state index in [9.17, 15) is 0 Å². The molecule has 66 valence electrons. The summed E-state index contributed by atoms with van der Waals surface area (Å²) in [6, 6.07) is 0. The van der Waals surface area contributed by atoms with E-state index >= 15 is 0 Å². The van der Waals surface area contributed by atoms with Crippen molar-refractivity contribution in [2.24, 2.45) is 0 Å². The Balaban J connectivity index is 0.000000605. The summed E-state index contributed by atoms with van der Waals surface area (Å²) in [6.45, 7) is 0. The second-order valence-corrected chi connectivity index (χ2v) is 8.48. The molecule has 0 N–H and O–H groups in total. The highest BCUT2D eigenvalue weighted by molar-refractivity contribution is 8.93. The van der Waals surface area contributed by atoms with Gasteiger partial charge in [-0.3, -0.25) is 0 Å². The lowest BCUT2D eigenvalue weighted by Crippen LogP contribution is -2.10. The molecule has 2 heteroatoms. The topological polar surface area (TPSA) is 0 Å². The second-order valence-electron chi connectivity index (χ2n) is 4.00. The summed E-state index contributed by atoms with van der Waals surface area (Å²) in [5.74, 6) is 0. The molecule has 2 saturated heterocycles. The van der Waals surface area contributed by atoms with Crippen LogP contribution in [0.1, 0.15) is 32.1 Å². The van der Waals surface area contributed by atoms with Gasteiger partial charge in [0, 0.05) is 7.26 Å². The lowest BCUT2D eigenvalue weighted by molar-refractivity contribution is 0.745. The van der Waals surface area contributed by atoms with Crippen molar-refractivity contribution in [3.8, 4) is 0 Å². The largest absolute Gasteiger partial charge is 0.114 e. The van der Waals surface area contributed by atoms with E-state index in [1.165, 1.54) is 0 Å². The van der Waals surface area contributed by atoms with Gasteiger partial charge in [0.1, 0.15) is 0 Å². The maximum atomic E-state index is 1.67. The summed E-state index contributed by atoms with van der Waals surface area (Å²) in [5.41, 5.74) is 0. The van der Waals surface area contributed by atoms with Crippen molar-refractivity contribution in [1.29, 1.82) is 0 Å².